The number of nitrogens with zero attached hydrogens (tertiary/aromatic N) is 1. The highest BCUT2D eigenvalue weighted by Gasteiger charge is 2.26. The molecule has 0 spiro atoms. The molecule has 0 radical (unpaired) electrons. The van der Waals surface area contributed by atoms with E-state index in [9.17, 15) is 4.79 Å². The van der Waals surface area contributed by atoms with Crippen molar-refractivity contribution in [2.24, 2.45) is 5.92 Å². The first-order valence-electron chi connectivity index (χ1n) is 7.31. The summed E-state index contributed by atoms with van der Waals surface area (Å²) < 4.78 is 0. The number of carbonyl (C=O) groups is 1. The minimum absolute atomic E-state index is 0.208. The Kier molecular flexibility index (Phi) is 3.90. The SMILES string of the molecule is O=C(O)C1CCCC(Nc2ccc(-c3ccn[nH]3)cc2)C1. The van der Waals surface area contributed by atoms with Crippen molar-refractivity contribution >= 4 is 11.7 Å². The van der Waals surface area contributed by atoms with Gasteiger partial charge in [0.2, 0.25) is 0 Å². The number of hydrogen-bond donors (Lipinski definition) is 3. The number of carboxylic acid groups (broad SMARTS) is 1. The number of benzene rings is 1. The third-order valence-electron chi connectivity index (χ3n) is 4.09. The van der Waals surface area contributed by atoms with Gasteiger partial charge in [-0.1, -0.05) is 18.6 Å². The highest BCUT2D eigenvalue weighted by molar-refractivity contribution is 5.70. The maximum absolute atomic E-state index is 11.1. The van der Waals surface area contributed by atoms with E-state index in [0.29, 0.717) is 6.42 Å². The van der Waals surface area contributed by atoms with Crippen LogP contribution in [0.3, 0.4) is 0 Å². The van der Waals surface area contributed by atoms with Gasteiger partial charge in [-0.2, -0.15) is 5.10 Å². The standard InChI is InChI=1S/C16H19N3O2/c20-16(21)12-2-1-3-14(10-12)18-13-6-4-11(5-7-13)15-8-9-17-19-15/h4-9,12,14,18H,1-3,10H2,(H,17,19)(H,20,21). The molecule has 0 saturated heterocycles. The first kappa shape index (κ1) is 13.7. The molecule has 1 aliphatic rings. The van der Waals surface area contributed by atoms with Crippen LogP contribution in [0.5, 0.6) is 0 Å². The number of nitrogens with one attached hydrogen (secondary N) is 2. The third kappa shape index (κ3) is 3.24. The van der Waals surface area contributed by atoms with Gasteiger partial charge in [0.25, 0.3) is 0 Å². The van der Waals surface area contributed by atoms with Gasteiger partial charge in [-0.15, -0.1) is 0 Å². The minimum atomic E-state index is -0.670. The Labute approximate surface area is 123 Å². The van der Waals surface area contributed by atoms with E-state index in [2.05, 4.69) is 15.5 Å². The Balaban J connectivity index is 1.64. The lowest BCUT2D eigenvalue weighted by Crippen LogP contribution is -2.30. The van der Waals surface area contributed by atoms with Crippen LogP contribution in [0.2, 0.25) is 0 Å². The number of anilines is 1. The summed E-state index contributed by atoms with van der Waals surface area (Å²) in [5, 5.41) is 19.5. The van der Waals surface area contributed by atoms with Crippen molar-refractivity contribution < 1.29 is 9.90 Å². The molecule has 0 amide bonds. The summed E-state index contributed by atoms with van der Waals surface area (Å²) in [5.41, 5.74) is 3.12. The fourth-order valence-corrected chi connectivity index (χ4v) is 2.94. The second-order valence-corrected chi connectivity index (χ2v) is 5.59. The Morgan fingerprint density at radius 3 is 2.71 bits per heavy atom. The van der Waals surface area contributed by atoms with Crippen LogP contribution in [0, 0.1) is 5.92 Å². The summed E-state index contributed by atoms with van der Waals surface area (Å²) in [6, 6.07) is 10.3. The fourth-order valence-electron chi connectivity index (χ4n) is 2.94. The molecule has 110 valence electrons. The van der Waals surface area contributed by atoms with Gasteiger partial charge in [0.05, 0.1) is 11.6 Å². The highest BCUT2D eigenvalue weighted by atomic mass is 16.4. The van der Waals surface area contributed by atoms with E-state index in [1.54, 1.807) is 6.20 Å². The minimum Gasteiger partial charge on any atom is -0.481 e. The van der Waals surface area contributed by atoms with Crippen LogP contribution in [0.1, 0.15) is 25.7 Å². The molecule has 0 aliphatic heterocycles. The van der Waals surface area contributed by atoms with Gasteiger partial charge in [-0.3, -0.25) is 9.89 Å². The molecule has 5 heteroatoms. The summed E-state index contributed by atoms with van der Waals surface area (Å²) in [4.78, 5) is 11.1. The largest absolute Gasteiger partial charge is 0.481 e. The molecule has 1 aliphatic carbocycles. The number of carboxylic acids is 1. The van der Waals surface area contributed by atoms with Gasteiger partial charge in [-0.25, -0.2) is 0 Å². The number of hydrogen-bond acceptors (Lipinski definition) is 3. The topological polar surface area (TPSA) is 78.0 Å². The van der Waals surface area contributed by atoms with E-state index in [1.165, 1.54) is 0 Å². The van der Waals surface area contributed by atoms with Crippen molar-refractivity contribution in [2.75, 3.05) is 5.32 Å². The van der Waals surface area contributed by atoms with E-state index < -0.39 is 5.97 Å². The van der Waals surface area contributed by atoms with Crippen LogP contribution in [0.4, 0.5) is 5.69 Å². The quantitative estimate of drug-likeness (QED) is 0.806. The van der Waals surface area contributed by atoms with Crippen molar-refractivity contribution in [3.05, 3.63) is 36.5 Å². The molecule has 21 heavy (non-hydrogen) atoms. The predicted molar refractivity (Wildman–Crippen MR) is 81.0 cm³/mol. The van der Waals surface area contributed by atoms with Crippen molar-refractivity contribution in [1.29, 1.82) is 0 Å². The lowest BCUT2D eigenvalue weighted by Gasteiger charge is -2.28. The Morgan fingerprint density at radius 1 is 1.24 bits per heavy atom. The zero-order valence-electron chi connectivity index (χ0n) is 11.7. The van der Waals surface area contributed by atoms with Crippen LogP contribution in [0.25, 0.3) is 11.3 Å². The molecule has 2 atom stereocenters. The zero-order chi connectivity index (χ0) is 14.7. The molecule has 1 saturated carbocycles. The number of aromatic nitrogens is 2. The molecule has 2 unspecified atom stereocenters. The van der Waals surface area contributed by atoms with Crippen molar-refractivity contribution in [2.45, 2.75) is 31.7 Å². The van der Waals surface area contributed by atoms with E-state index in [0.717, 1.165) is 36.2 Å². The second-order valence-electron chi connectivity index (χ2n) is 5.59. The van der Waals surface area contributed by atoms with Crippen LogP contribution in [0.15, 0.2) is 36.5 Å². The molecule has 3 N–H and O–H groups in total. The lowest BCUT2D eigenvalue weighted by molar-refractivity contribution is -0.142. The number of H-pyrrole nitrogens is 1. The van der Waals surface area contributed by atoms with E-state index in [1.807, 2.05) is 30.3 Å². The summed E-state index contributed by atoms with van der Waals surface area (Å²) in [5.74, 6) is -0.878. The van der Waals surface area contributed by atoms with Crippen molar-refractivity contribution in [3.8, 4) is 11.3 Å². The Morgan fingerprint density at radius 2 is 2.05 bits per heavy atom. The first-order chi connectivity index (χ1) is 10.2. The summed E-state index contributed by atoms with van der Waals surface area (Å²) in [6.07, 6.45) is 5.24. The fraction of sp³-hybridized carbons (Fsp3) is 0.375. The molecule has 0 bridgehead atoms. The average molecular weight is 285 g/mol. The van der Waals surface area contributed by atoms with Gasteiger partial charge in [0.15, 0.2) is 0 Å². The molecule has 2 aromatic rings. The number of aromatic amines is 1. The third-order valence-corrected chi connectivity index (χ3v) is 4.09. The highest BCUT2D eigenvalue weighted by Crippen LogP contribution is 2.27. The Bertz CT molecular complexity index is 592. The van der Waals surface area contributed by atoms with Gasteiger partial charge in [-0.05, 0) is 43.0 Å². The van der Waals surface area contributed by atoms with Gasteiger partial charge >= 0.3 is 5.97 Å². The van der Waals surface area contributed by atoms with Gasteiger partial charge in [0, 0.05) is 17.9 Å². The molecule has 1 fully saturated rings. The maximum atomic E-state index is 11.1. The van der Waals surface area contributed by atoms with Gasteiger partial charge < -0.3 is 10.4 Å². The molecule has 1 aromatic heterocycles. The van der Waals surface area contributed by atoms with Crippen LogP contribution in [-0.2, 0) is 4.79 Å². The normalized spacial score (nSPS) is 21.9. The summed E-state index contributed by atoms with van der Waals surface area (Å²) in [7, 11) is 0. The molecular weight excluding hydrogens is 266 g/mol. The maximum Gasteiger partial charge on any atom is 0.306 e. The lowest BCUT2D eigenvalue weighted by atomic mass is 9.85. The first-order valence-corrected chi connectivity index (χ1v) is 7.31. The smallest absolute Gasteiger partial charge is 0.306 e. The molecule has 1 heterocycles. The average Bonchev–Trinajstić information content (AvgIpc) is 3.02. The summed E-state index contributed by atoms with van der Waals surface area (Å²) in [6.45, 7) is 0. The monoisotopic (exact) mass is 285 g/mol. The van der Waals surface area contributed by atoms with Crippen LogP contribution < -0.4 is 5.32 Å². The second kappa shape index (κ2) is 5.99. The van der Waals surface area contributed by atoms with Crippen molar-refractivity contribution in [1.82, 2.24) is 10.2 Å². The number of rotatable bonds is 4. The molecular formula is C16H19N3O2. The molecule has 5 nitrogen and oxygen atoms in total. The zero-order valence-corrected chi connectivity index (χ0v) is 11.7. The van der Waals surface area contributed by atoms with Crippen LogP contribution in [-0.4, -0.2) is 27.3 Å². The molecule has 1 aromatic carbocycles. The van der Waals surface area contributed by atoms with E-state index >= 15 is 0 Å². The van der Waals surface area contributed by atoms with Crippen molar-refractivity contribution in [3.63, 3.8) is 0 Å². The van der Waals surface area contributed by atoms with Gasteiger partial charge in [0.1, 0.15) is 0 Å². The van der Waals surface area contributed by atoms with E-state index in [-0.39, 0.29) is 12.0 Å². The predicted octanol–water partition coefficient (Wildman–Crippen LogP) is 3.13. The Hall–Kier alpha value is -2.30. The van der Waals surface area contributed by atoms with Crippen LogP contribution >= 0.6 is 0 Å². The van der Waals surface area contributed by atoms with E-state index in [4.69, 9.17) is 5.11 Å². The molecule has 3 rings (SSSR count). The number of aliphatic carboxylic acids is 1. The summed E-state index contributed by atoms with van der Waals surface area (Å²) >= 11 is 0.